The van der Waals surface area contributed by atoms with E-state index in [-0.39, 0.29) is 18.6 Å². The third kappa shape index (κ3) is 3.18. The van der Waals surface area contributed by atoms with Gasteiger partial charge >= 0.3 is 0 Å². The van der Waals surface area contributed by atoms with Crippen LogP contribution in [0.5, 0.6) is 0 Å². The number of rotatable bonds is 3. The molecule has 1 saturated heterocycles. The number of ether oxygens (including phenoxy) is 1. The van der Waals surface area contributed by atoms with Crippen molar-refractivity contribution < 1.29 is 9.53 Å². The molecule has 15 heavy (non-hydrogen) atoms. The average molecular weight is 214 g/mol. The molecule has 0 saturated carbocycles. The van der Waals surface area contributed by atoms with Crippen LogP contribution in [-0.2, 0) is 9.53 Å². The minimum Gasteiger partial charge on any atom is -0.375 e. The highest BCUT2D eigenvalue weighted by atomic mass is 16.5. The largest absolute Gasteiger partial charge is 0.375 e. The van der Waals surface area contributed by atoms with E-state index in [0.717, 1.165) is 13.1 Å². The molecule has 1 amide bonds. The quantitative estimate of drug-likeness (QED) is 0.743. The fourth-order valence-electron chi connectivity index (χ4n) is 1.89. The zero-order chi connectivity index (χ0) is 11.4. The molecule has 0 aliphatic carbocycles. The molecule has 0 radical (unpaired) electrons. The van der Waals surface area contributed by atoms with Crippen molar-refractivity contribution in [3.8, 4) is 0 Å². The summed E-state index contributed by atoms with van der Waals surface area (Å²) in [7, 11) is 1.56. The Morgan fingerprint density at radius 2 is 2.27 bits per heavy atom. The first kappa shape index (κ1) is 12.5. The normalized spacial score (nSPS) is 27.1. The molecule has 4 nitrogen and oxygen atoms in total. The minimum atomic E-state index is 0.0946. The van der Waals surface area contributed by atoms with Crippen LogP contribution in [0, 0.1) is 5.92 Å². The fourth-order valence-corrected chi connectivity index (χ4v) is 1.89. The Bertz CT molecular complexity index is 219. The van der Waals surface area contributed by atoms with E-state index < -0.39 is 0 Å². The highest BCUT2D eigenvalue weighted by molar-refractivity contribution is 5.78. The van der Waals surface area contributed by atoms with Crippen molar-refractivity contribution in [3.05, 3.63) is 0 Å². The Morgan fingerprint density at radius 3 is 2.80 bits per heavy atom. The smallest absolute Gasteiger partial charge is 0.248 e. The number of hydrogen-bond donors (Lipinski definition) is 1. The Labute approximate surface area is 92.0 Å². The Morgan fingerprint density at radius 1 is 1.60 bits per heavy atom. The molecule has 2 unspecified atom stereocenters. The van der Waals surface area contributed by atoms with E-state index in [4.69, 9.17) is 4.74 Å². The summed E-state index contributed by atoms with van der Waals surface area (Å²) < 4.78 is 4.89. The SMILES string of the molecule is COCC(=O)N1CC(C(C)C)NCC1C. The van der Waals surface area contributed by atoms with Crippen LogP contribution in [0.1, 0.15) is 20.8 Å². The summed E-state index contributed by atoms with van der Waals surface area (Å²) in [4.78, 5) is 13.7. The maximum Gasteiger partial charge on any atom is 0.248 e. The number of nitrogens with zero attached hydrogens (tertiary/aromatic N) is 1. The van der Waals surface area contributed by atoms with Crippen molar-refractivity contribution in [2.75, 3.05) is 26.8 Å². The van der Waals surface area contributed by atoms with Crippen LogP contribution in [0.3, 0.4) is 0 Å². The van der Waals surface area contributed by atoms with Crippen LogP contribution >= 0.6 is 0 Å². The molecule has 1 aliphatic rings. The molecule has 0 spiro atoms. The van der Waals surface area contributed by atoms with Crippen LogP contribution in [0.4, 0.5) is 0 Å². The summed E-state index contributed by atoms with van der Waals surface area (Å²) >= 11 is 0. The molecule has 4 heteroatoms. The van der Waals surface area contributed by atoms with Crippen molar-refractivity contribution >= 4 is 5.91 Å². The molecule has 0 aromatic carbocycles. The zero-order valence-electron chi connectivity index (χ0n) is 10.1. The van der Waals surface area contributed by atoms with Gasteiger partial charge in [-0.3, -0.25) is 4.79 Å². The van der Waals surface area contributed by atoms with Crippen LogP contribution in [0.2, 0.25) is 0 Å². The van der Waals surface area contributed by atoms with Crippen molar-refractivity contribution in [2.24, 2.45) is 5.92 Å². The van der Waals surface area contributed by atoms with Gasteiger partial charge in [-0.1, -0.05) is 13.8 Å². The Kier molecular flexibility index (Phi) is 4.54. The number of carbonyl (C=O) groups excluding carboxylic acids is 1. The molecule has 2 atom stereocenters. The van der Waals surface area contributed by atoms with Gasteiger partial charge < -0.3 is 15.0 Å². The lowest BCUT2D eigenvalue weighted by Crippen LogP contribution is -2.59. The van der Waals surface area contributed by atoms with E-state index in [9.17, 15) is 4.79 Å². The van der Waals surface area contributed by atoms with Gasteiger partial charge in [-0.05, 0) is 12.8 Å². The molecule has 88 valence electrons. The Balaban J connectivity index is 2.57. The lowest BCUT2D eigenvalue weighted by atomic mass is 10.00. The average Bonchev–Trinajstić information content (AvgIpc) is 2.18. The van der Waals surface area contributed by atoms with Gasteiger partial charge in [0.25, 0.3) is 0 Å². The van der Waals surface area contributed by atoms with Gasteiger partial charge in [0.1, 0.15) is 6.61 Å². The second-order valence-electron chi connectivity index (χ2n) is 4.59. The van der Waals surface area contributed by atoms with Crippen LogP contribution in [0.15, 0.2) is 0 Å². The predicted molar refractivity (Wildman–Crippen MR) is 59.7 cm³/mol. The summed E-state index contributed by atoms with van der Waals surface area (Å²) in [5, 5.41) is 3.46. The molecule has 1 fully saturated rings. The van der Waals surface area contributed by atoms with Crippen molar-refractivity contribution in [1.29, 1.82) is 0 Å². The van der Waals surface area contributed by atoms with E-state index in [1.165, 1.54) is 0 Å². The van der Waals surface area contributed by atoms with E-state index in [1.807, 2.05) is 4.90 Å². The summed E-state index contributed by atoms with van der Waals surface area (Å²) in [5.41, 5.74) is 0. The number of amides is 1. The van der Waals surface area contributed by atoms with Crippen molar-refractivity contribution in [3.63, 3.8) is 0 Å². The number of nitrogens with one attached hydrogen (secondary N) is 1. The number of piperazine rings is 1. The number of carbonyl (C=O) groups is 1. The maximum absolute atomic E-state index is 11.7. The Hall–Kier alpha value is -0.610. The molecule has 0 bridgehead atoms. The third-order valence-electron chi connectivity index (χ3n) is 2.99. The van der Waals surface area contributed by atoms with E-state index in [2.05, 4.69) is 26.1 Å². The molecule has 0 aromatic rings. The molecule has 1 heterocycles. The highest BCUT2D eigenvalue weighted by Crippen LogP contribution is 2.12. The molecule has 0 aromatic heterocycles. The van der Waals surface area contributed by atoms with Gasteiger partial charge in [-0.2, -0.15) is 0 Å². The molecular formula is C11H22N2O2. The minimum absolute atomic E-state index is 0.0946. The lowest BCUT2D eigenvalue weighted by molar-refractivity contribution is -0.139. The second-order valence-corrected chi connectivity index (χ2v) is 4.59. The summed E-state index contributed by atoms with van der Waals surface area (Å²) in [6.45, 7) is 8.27. The summed E-state index contributed by atoms with van der Waals surface area (Å²) in [6.07, 6.45) is 0. The fraction of sp³-hybridized carbons (Fsp3) is 0.909. The summed E-state index contributed by atoms with van der Waals surface area (Å²) in [5.74, 6) is 0.646. The topological polar surface area (TPSA) is 41.6 Å². The second kappa shape index (κ2) is 5.47. The zero-order valence-corrected chi connectivity index (χ0v) is 10.1. The van der Waals surface area contributed by atoms with Crippen molar-refractivity contribution in [2.45, 2.75) is 32.9 Å². The van der Waals surface area contributed by atoms with Gasteiger partial charge in [-0.25, -0.2) is 0 Å². The highest BCUT2D eigenvalue weighted by Gasteiger charge is 2.29. The van der Waals surface area contributed by atoms with Crippen molar-refractivity contribution in [1.82, 2.24) is 10.2 Å². The first-order chi connectivity index (χ1) is 7.06. The monoisotopic (exact) mass is 214 g/mol. The number of hydrogen-bond acceptors (Lipinski definition) is 3. The lowest BCUT2D eigenvalue weighted by Gasteiger charge is -2.40. The van der Waals surface area contributed by atoms with Crippen LogP contribution < -0.4 is 5.32 Å². The van der Waals surface area contributed by atoms with E-state index in [0.29, 0.717) is 12.0 Å². The number of methoxy groups -OCH3 is 1. The molecular weight excluding hydrogens is 192 g/mol. The van der Waals surface area contributed by atoms with E-state index in [1.54, 1.807) is 7.11 Å². The first-order valence-corrected chi connectivity index (χ1v) is 5.58. The van der Waals surface area contributed by atoms with Gasteiger partial charge in [0.05, 0.1) is 0 Å². The van der Waals surface area contributed by atoms with Crippen LogP contribution in [-0.4, -0.2) is 49.7 Å². The van der Waals surface area contributed by atoms with Gasteiger partial charge in [0, 0.05) is 32.3 Å². The van der Waals surface area contributed by atoms with Gasteiger partial charge in [-0.15, -0.1) is 0 Å². The molecule has 1 N–H and O–H groups in total. The van der Waals surface area contributed by atoms with E-state index >= 15 is 0 Å². The molecule has 1 aliphatic heterocycles. The predicted octanol–water partition coefficient (Wildman–Crippen LogP) is 0.478. The summed E-state index contributed by atoms with van der Waals surface area (Å²) in [6, 6.07) is 0.671. The van der Waals surface area contributed by atoms with Gasteiger partial charge in [0.2, 0.25) is 5.91 Å². The van der Waals surface area contributed by atoms with Crippen LogP contribution in [0.25, 0.3) is 0 Å². The maximum atomic E-state index is 11.7. The first-order valence-electron chi connectivity index (χ1n) is 5.58. The third-order valence-corrected chi connectivity index (χ3v) is 2.99. The standard InChI is InChI=1S/C11H22N2O2/c1-8(2)10-6-13(9(3)5-12-10)11(14)7-15-4/h8-10,12H,5-7H2,1-4H3. The van der Waals surface area contributed by atoms with Gasteiger partial charge in [0.15, 0.2) is 0 Å². The molecule has 1 rings (SSSR count).